The number of rotatable bonds is 0. The van der Waals surface area contributed by atoms with E-state index in [0.717, 1.165) is 38.5 Å². The fourth-order valence-electron chi connectivity index (χ4n) is 5.35. The molecule has 3 rings (SSSR count). The molecule has 2 aliphatic carbocycles. The third kappa shape index (κ3) is 2.89. The fraction of sp³-hybridized carbons (Fsp3) is 0.900. The van der Waals surface area contributed by atoms with E-state index in [1.807, 2.05) is 0 Å². The Morgan fingerprint density at radius 3 is 2.59 bits per heavy atom. The van der Waals surface area contributed by atoms with E-state index in [2.05, 4.69) is 40.7 Å². The number of hydrogen-bond acceptors (Lipinski definition) is 2. The summed E-state index contributed by atoms with van der Waals surface area (Å²) in [7, 11) is 0. The molecule has 2 heteroatoms. The zero-order valence-corrected chi connectivity index (χ0v) is 15.1. The van der Waals surface area contributed by atoms with Crippen LogP contribution in [-0.2, 0) is 4.74 Å². The molecule has 0 unspecified atom stereocenters. The predicted molar refractivity (Wildman–Crippen MR) is 90.7 cm³/mol. The SMILES string of the molecule is C/C1=C\CC[C@]2(C)O[C@H]2C[C@@H]2CC[C@](C)(O)[C@@H](CC1)C2(C)C. The lowest BCUT2D eigenvalue weighted by atomic mass is 9.54. The van der Waals surface area contributed by atoms with Gasteiger partial charge in [-0.1, -0.05) is 25.5 Å². The molecule has 1 heterocycles. The standard InChI is InChI=1S/C20H34O2/c1-14-7-6-11-20(5)17(22-20)13-15-10-12-19(4,21)16(9-8-14)18(15,2)3/h7,15-17,21H,6,8-13H2,1-5H3/b14-7+/t15-,16-,17-,19-,20-/m0/s1. The second-order valence-corrected chi connectivity index (χ2v) is 9.25. The van der Waals surface area contributed by atoms with Crippen LogP contribution in [0.2, 0.25) is 0 Å². The van der Waals surface area contributed by atoms with E-state index in [-0.39, 0.29) is 11.0 Å². The molecule has 0 radical (unpaired) electrons. The van der Waals surface area contributed by atoms with E-state index in [0.29, 0.717) is 17.9 Å². The molecule has 1 saturated heterocycles. The number of aliphatic hydroxyl groups is 1. The van der Waals surface area contributed by atoms with E-state index in [9.17, 15) is 5.11 Å². The number of ether oxygens (including phenoxy) is 1. The largest absolute Gasteiger partial charge is 0.390 e. The van der Waals surface area contributed by atoms with Gasteiger partial charge < -0.3 is 9.84 Å². The van der Waals surface area contributed by atoms with E-state index in [1.165, 1.54) is 12.0 Å². The maximum atomic E-state index is 11.0. The predicted octanol–water partition coefficient (Wildman–Crippen LogP) is 4.86. The van der Waals surface area contributed by atoms with Gasteiger partial charge in [0.25, 0.3) is 0 Å². The molecule has 0 aromatic carbocycles. The quantitative estimate of drug-likeness (QED) is 0.512. The van der Waals surface area contributed by atoms with Crippen molar-refractivity contribution in [2.24, 2.45) is 17.3 Å². The lowest BCUT2D eigenvalue weighted by Crippen LogP contribution is -2.51. The van der Waals surface area contributed by atoms with Gasteiger partial charge in [0.15, 0.2) is 0 Å². The van der Waals surface area contributed by atoms with E-state index in [1.54, 1.807) is 0 Å². The molecule has 2 fully saturated rings. The molecule has 22 heavy (non-hydrogen) atoms. The fourth-order valence-corrected chi connectivity index (χ4v) is 5.35. The van der Waals surface area contributed by atoms with Crippen LogP contribution in [0.4, 0.5) is 0 Å². The molecular weight excluding hydrogens is 272 g/mol. The summed E-state index contributed by atoms with van der Waals surface area (Å²) in [6, 6.07) is 0. The van der Waals surface area contributed by atoms with Crippen LogP contribution in [0, 0.1) is 17.3 Å². The van der Waals surface area contributed by atoms with Crippen molar-refractivity contribution in [1.82, 2.24) is 0 Å². The molecule has 0 amide bonds. The van der Waals surface area contributed by atoms with Gasteiger partial charge in [-0.2, -0.15) is 0 Å². The van der Waals surface area contributed by atoms with Crippen molar-refractivity contribution in [3.63, 3.8) is 0 Å². The van der Waals surface area contributed by atoms with Gasteiger partial charge in [-0.3, -0.25) is 0 Å². The highest BCUT2D eigenvalue weighted by molar-refractivity contribution is 5.09. The highest BCUT2D eigenvalue weighted by Crippen LogP contribution is 2.56. The van der Waals surface area contributed by atoms with Crippen molar-refractivity contribution in [3.05, 3.63) is 11.6 Å². The molecule has 0 spiro atoms. The van der Waals surface area contributed by atoms with Crippen molar-refractivity contribution in [1.29, 1.82) is 0 Å². The van der Waals surface area contributed by atoms with Gasteiger partial charge in [0, 0.05) is 0 Å². The molecule has 2 nitrogen and oxygen atoms in total. The topological polar surface area (TPSA) is 32.8 Å². The zero-order chi connectivity index (χ0) is 16.2. The van der Waals surface area contributed by atoms with Crippen LogP contribution in [0.15, 0.2) is 11.6 Å². The lowest BCUT2D eigenvalue weighted by Gasteiger charge is -2.53. The minimum atomic E-state index is -0.516. The third-order valence-corrected chi connectivity index (χ3v) is 7.19. The minimum absolute atomic E-state index is 0.113. The van der Waals surface area contributed by atoms with Crippen LogP contribution in [0.1, 0.15) is 79.6 Å². The molecule has 0 aromatic rings. The zero-order valence-electron chi connectivity index (χ0n) is 15.1. The summed E-state index contributed by atoms with van der Waals surface area (Å²) < 4.78 is 6.10. The van der Waals surface area contributed by atoms with Crippen LogP contribution < -0.4 is 0 Å². The van der Waals surface area contributed by atoms with Gasteiger partial charge in [0.2, 0.25) is 0 Å². The molecule has 3 aliphatic rings. The summed E-state index contributed by atoms with van der Waals surface area (Å²) in [4.78, 5) is 0. The number of allylic oxidation sites excluding steroid dienone is 2. The van der Waals surface area contributed by atoms with E-state index in [4.69, 9.17) is 4.74 Å². The third-order valence-electron chi connectivity index (χ3n) is 7.19. The first-order valence-corrected chi connectivity index (χ1v) is 9.21. The van der Waals surface area contributed by atoms with Gasteiger partial charge in [-0.25, -0.2) is 0 Å². The van der Waals surface area contributed by atoms with Crippen LogP contribution >= 0.6 is 0 Å². The minimum Gasteiger partial charge on any atom is -0.390 e. The summed E-state index contributed by atoms with van der Waals surface area (Å²) in [6.45, 7) is 11.4. The molecule has 1 saturated carbocycles. The summed E-state index contributed by atoms with van der Waals surface area (Å²) in [5.41, 5.74) is 1.27. The van der Waals surface area contributed by atoms with Gasteiger partial charge in [-0.05, 0) is 83.0 Å². The average molecular weight is 306 g/mol. The van der Waals surface area contributed by atoms with Crippen LogP contribution in [0.3, 0.4) is 0 Å². The first-order chi connectivity index (χ1) is 10.2. The van der Waals surface area contributed by atoms with Gasteiger partial charge >= 0.3 is 0 Å². The van der Waals surface area contributed by atoms with Crippen LogP contribution in [0.25, 0.3) is 0 Å². The van der Waals surface area contributed by atoms with Crippen LogP contribution in [-0.4, -0.2) is 22.4 Å². The summed E-state index contributed by atoms with van der Waals surface area (Å²) in [6.07, 6.45) is 10.6. The Morgan fingerprint density at radius 1 is 1.14 bits per heavy atom. The second-order valence-electron chi connectivity index (χ2n) is 9.25. The number of fused-ring (bicyclic) bond motifs is 3. The van der Waals surface area contributed by atoms with Gasteiger partial charge in [-0.15, -0.1) is 0 Å². The first-order valence-electron chi connectivity index (χ1n) is 9.21. The molecule has 5 atom stereocenters. The highest BCUT2D eigenvalue weighted by Gasteiger charge is 2.56. The molecule has 126 valence electrons. The Hall–Kier alpha value is -0.340. The van der Waals surface area contributed by atoms with Gasteiger partial charge in [0.1, 0.15) is 0 Å². The Morgan fingerprint density at radius 2 is 1.86 bits per heavy atom. The van der Waals surface area contributed by atoms with Crippen molar-refractivity contribution in [2.45, 2.75) is 96.9 Å². The summed E-state index contributed by atoms with van der Waals surface area (Å²) in [5.74, 6) is 1.06. The van der Waals surface area contributed by atoms with E-state index < -0.39 is 5.60 Å². The van der Waals surface area contributed by atoms with E-state index >= 15 is 0 Å². The molecule has 2 bridgehead atoms. The van der Waals surface area contributed by atoms with Crippen LogP contribution in [0.5, 0.6) is 0 Å². The van der Waals surface area contributed by atoms with Gasteiger partial charge in [0.05, 0.1) is 17.3 Å². The number of epoxide rings is 1. The molecule has 1 N–H and O–H groups in total. The normalized spacial score (nSPS) is 50.8. The first kappa shape index (κ1) is 16.5. The monoisotopic (exact) mass is 306 g/mol. The Bertz CT molecular complexity index is 462. The smallest absolute Gasteiger partial charge is 0.0923 e. The average Bonchev–Trinajstić information content (AvgIpc) is 3.02. The second kappa shape index (κ2) is 5.34. The van der Waals surface area contributed by atoms with Crippen molar-refractivity contribution >= 4 is 0 Å². The molecular formula is C20H34O2. The van der Waals surface area contributed by atoms with Crippen molar-refractivity contribution < 1.29 is 9.84 Å². The Labute approximate surface area is 136 Å². The summed E-state index contributed by atoms with van der Waals surface area (Å²) >= 11 is 0. The number of hydrogen-bond donors (Lipinski definition) is 1. The lowest BCUT2D eigenvalue weighted by molar-refractivity contribution is -0.121. The molecule has 1 aliphatic heterocycles. The Balaban J connectivity index is 1.88. The van der Waals surface area contributed by atoms with Crippen molar-refractivity contribution in [2.75, 3.05) is 0 Å². The summed E-state index contributed by atoms with van der Waals surface area (Å²) in [5, 5.41) is 11.0. The maximum absolute atomic E-state index is 11.0. The highest BCUT2D eigenvalue weighted by atomic mass is 16.6. The molecule has 0 aromatic heterocycles. The maximum Gasteiger partial charge on any atom is 0.0923 e. The van der Waals surface area contributed by atoms with Crippen molar-refractivity contribution in [3.8, 4) is 0 Å². The Kier molecular flexibility index (Phi) is 4.01.